The Kier molecular flexibility index (Phi) is 4.59. The maximum atomic E-state index is 13.4. The van der Waals surface area contributed by atoms with Crippen molar-refractivity contribution in [2.24, 2.45) is 11.8 Å². The Hall–Kier alpha value is -2.12. The van der Waals surface area contributed by atoms with Crippen LogP contribution in [-0.2, 0) is 11.3 Å². The molecule has 4 rings (SSSR count). The average Bonchev–Trinajstić information content (AvgIpc) is 3.18. The van der Waals surface area contributed by atoms with E-state index in [-0.39, 0.29) is 6.10 Å². The van der Waals surface area contributed by atoms with E-state index in [1.165, 1.54) is 12.1 Å². The van der Waals surface area contributed by atoms with Crippen LogP contribution in [-0.4, -0.2) is 47.2 Å². The number of hydrogen-bond donors (Lipinski definition) is 1. The molecule has 1 aromatic heterocycles. The number of hydrogen-bond acceptors (Lipinski definition) is 5. The van der Waals surface area contributed by atoms with Crippen LogP contribution in [0.15, 0.2) is 36.7 Å². The number of rotatable bonds is 5. The smallest absolute Gasteiger partial charge is 0.222 e. The lowest BCUT2D eigenvalue weighted by atomic mass is 9.93. The fourth-order valence-electron chi connectivity index (χ4n) is 3.73. The predicted octanol–water partition coefficient (Wildman–Crippen LogP) is 2.31. The van der Waals surface area contributed by atoms with Crippen LogP contribution < -0.4 is 5.32 Å². The van der Waals surface area contributed by atoms with E-state index in [1.54, 1.807) is 24.5 Å². The van der Waals surface area contributed by atoms with Crippen molar-refractivity contribution in [3.8, 4) is 0 Å². The lowest BCUT2D eigenvalue weighted by Gasteiger charge is -2.20. The molecule has 0 spiro atoms. The summed E-state index contributed by atoms with van der Waals surface area (Å²) in [5.41, 5.74) is 0.784. The van der Waals surface area contributed by atoms with Crippen LogP contribution in [0.5, 0.6) is 0 Å². The lowest BCUT2D eigenvalue weighted by Crippen LogP contribution is -2.27. The number of fused-ring (bicyclic) bond motifs is 1. The molecule has 2 aliphatic rings. The van der Waals surface area contributed by atoms with Gasteiger partial charge in [0.1, 0.15) is 0 Å². The summed E-state index contributed by atoms with van der Waals surface area (Å²) in [4.78, 5) is 10.6. The molecule has 7 heteroatoms. The molecule has 2 saturated heterocycles. The number of aromatic nitrogens is 2. The van der Waals surface area contributed by atoms with Crippen molar-refractivity contribution in [1.29, 1.82) is 0 Å². The summed E-state index contributed by atoms with van der Waals surface area (Å²) in [6.45, 7) is 3.82. The van der Waals surface area contributed by atoms with Gasteiger partial charge >= 0.3 is 0 Å². The van der Waals surface area contributed by atoms with E-state index in [0.29, 0.717) is 24.3 Å². The highest BCUT2D eigenvalue weighted by Gasteiger charge is 2.43. The zero-order chi connectivity index (χ0) is 17.2. The first-order valence-corrected chi connectivity index (χ1v) is 8.48. The number of ether oxygens (including phenoxy) is 1. The number of benzene rings is 1. The summed E-state index contributed by atoms with van der Waals surface area (Å²) in [7, 11) is 0. The van der Waals surface area contributed by atoms with Crippen LogP contribution in [0.3, 0.4) is 0 Å². The van der Waals surface area contributed by atoms with Crippen LogP contribution in [0.1, 0.15) is 5.56 Å². The number of likely N-dealkylation sites (tertiary alicyclic amines) is 1. The molecule has 2 aromatic rings. The van der Waals surface area contributed by atoms with Crippen molar-refractivity contribution in [2.75, 3.05) is 31.6 Å². The van der Waals surface area contributed by atoms with Crippen LogP contribution >= 0.6 is 0 Å². The fraction of sp³-hybridized carbons (Fsp3) is 0.444. The molecule has 0 amide bonds. The van der Waals surface area contributed by atoms with Crippen molar-refractivity contribution in [2.45, 2.75) is 12.6 Å². The number of halogens is 2. The molecular formula is C18H20F2N4O. The van der Waals surface area contributed by atoms with Gasteiger partial charge in [-0.25, -0.2) is 18.7 Å². The van der Waals surface area contributed by atoms with Gasteiger partial charge in [-0.1, -0.05) is 6.07 Å². The molecule has 3 atom stereocenters. The van der Waals surface area contributed by atoms with Gasteiger partial charge in [-0.05, 0) is 23.8 Å². The van der Waals surface area contributed by atoms with Gasteiger partial charge in [-0.15, -0.1) is 0 Å². The minimum Gasteiger partial charge on any atom is -0.376 e. The monoisotopic (exact) mass is 346 g/mol. The van der Waals surface area contributed by atoms with Crippen LogP contribution in [0.25, 0.3) is 0 Å². The summed E-state index contributed by atoms with van der Waals surface area (Å²) < 4.78 is 32.4. The van der Waals surface area contributed by atoms with E-state index >= 15 is 0 Å². The summed E-state index contributed by atoms with van der Waals surface area (Å²) in [6, 6.07) is 5.88. The molecule has 2 aliphatic heterocycles. The average molecular weight is 346 g/mol. The van der Waals surface area contributed by atoms with E-state index < -0.39 is 11.6 Å². The zero-order valence-electron chi connectivity index (χ0n) is 13.7. The Bertz CT molecular complexity index is 730. The normalized spacial score (nSPS) is 25.9. The molecule has 1 N–H and O–H groups in total. The fourth-order valence-corrected chi connectivity index (χ4v) is 3.73. The second-order valence-corrected chi connectivity index (χ2v) is 6.69. The Morgan fingerprint density at radius 1 is 1.16 bits per heavy atom. The third kappa shape index (κ3) is 3.62. The van der Waals surface area contributed by atoms with Gasteiger partial charge in [-0.3, -0.25) is 4.90 Å². The molecule has 0 radical (unpaired) electrons. The Balaban J connectivity index is 1.33. The van der Waals surface area contributed by atoms with Gasteiger partial charge in [-0.2, -0.15) is 0 Å². The predicted molar refractivity (Wildman–Crippen MR) is 88.9 cm³/mol. The van der Waals surface area contributed by atoms with Crippen molar-refractivity contribution in [3.05, 3.63) is 53.9 Å². The van der Waals surface area contributed by atoms with Gasteiger partial charge in [0.25, 0.3) is 0 Å². The van der Waals surface area contributed by atoms with Crippen LogP contribution in [0, 0.1) is 23.5 Å². The standard InChI is InChI=1S/C18H20F2N4O/c19-15-3-2-12(6-16(15)20)8-24-9-14-13(11-25-17(14)10-24)7-23-18-21-4-1-5-22-18/h1-6,13-14,17H,7-11H2,(H,21,22,23)/t13-,14+,17+/m0/s1. The SMILES string of the molecule is Fc1ccc(CN2C[C@@H]3[C@@H](CNc4ncccn4)CO[C@@H]3C2)cc1F. The summed E-state index contributed by atoms with van der Waals surface area (Å²) in [5, 5.41) is 3.27. The molecule has 3 heterocycles. The van der Waals surface area contributed by atoms with Gasteiger partial charge in [0.2, 0.25) is 5.95 Å². The van der Waals surface area contributed by atoms with Gasteiger partial charge in [0, 0.05) is 50.4 Å². The van der Waals surface area contributed by atoms with Gasteiger partial charge in [0.15, 0.2) is 11.6 Å². The van der Waals surface area contributed by atoms with E-state index in [2.05, 4.69) is 20.2 Å². The van der Waals surface area contributed by atoms with E-state index in [4.69, 9.17) is 4.74 Å². The maximum absolute atomic E-state index is 13.4. The minimum absolute atomic E-state index is 0.203. The second kappa shape index (κ2) is 7.01. The van der Waals surface area contributed by atoms with Crippen molar-refractivity contribution in [1.82, 2.24) is 14.9 Å². The quantitative estimate of drug-likeness (QED) is 0.900. The highest BCUT2D eigenvalue weighted by Crippen LogP contribution is 2.34. The topological polar surface area (TPSA) is 50.3 Å². The molecule has 0 bridgehead atoms. The summed E-state index contributed by atoms with van der Waals surface area (Å²) in [5.74, 6) is -0.148. The molecular weight excluding hydrogens is 326 g/mol. The third-order valence-corrected chi connectivity index (χ3v) is 4.99. The van der Waals surface area contributed by atoms with E-state index in [0.717, 1.165) is 31.8 Å². The summed E-state index contributed by atoms with van der Waals surface area (Å²) in [6.07, 6.45) is 3.62. The first-order valence-electron chi connectivity index (χ1n) is 8.48. The van der Waals surface area contributed by atoms with Crippen molar-refractivity contribution >= 4 is 5.95 Å². The molecule has 0 unspecified atom stereocenters. The van der Waals surface area contributed by atoms with E-state index in [1.807, 2.05) is 0 Å². The van der Waals surface area contributed by atoms with Crippen LogP contribution in [0.4, 0.5) is 14.7 Å². The van der Waals surface area contributed by atoms with Gasteiger partial charge in [0.05, 0.1) is 12.7 Å². The number of nitrogens with one attached hydrogen (secondary N) is 1. The Labute approximate surface area is 145 Å². The molecule has 132 valence electrons. The molecule has 25 heavy (non-hydrogen) atoms. The number of anilines is 1. The highest BCUT2D eigenvalue weighted by molar-refractivity contribution is 5.22. The molecule has 2 fully saturated rings. The van der Waals surface area contributed by atoms with Crippen molar-refractivity contribution < 1.29 is 13.5 Å². The Morgan fingerprint density at radius 2 is 2.00 bits per heavy atom. The maximum Gasteiger partial charge on any atom is 0.222 e. The first-order chi connectivity index (χ1) is 12.2. The largest absolute Gasteiger partial charge is 0.376 e. The van der Waals surface area contributed by atoms with E-state index in [9.17, 15) is 8.78 Å². The summed E-state index contributed by atoms with van der Waals surface area (Å²) >= 11 is 0. The molecule has 0 aliphatic carbocycles. The molecule has 0 saturated carbocycles. The molecule has 5 nitrogen and oxygen atoms in total. The van der Waals surface area contributed by atoms with Crippen LogP contribution in [0.2, 0.25) is 0 Å². The lowest BCUT2D eigenvalue weighted by molar-refractivity contribution is 0.0946. The number of nitrogens with zero attached hydrogens (tertiary/aromatic N) is 3. The van der Waals surface area contributed by atoms with Gasteiger partial charge < -0.3 is 10.1 Å². The third-order valence-electron chi connectivity index (χ3n) is 4.99. The second-order valence-electron chi connectivity index (χ2n) is 6.69. The van der Waals surface area contributed by atoms with Crippen molar-refractivity contribution in [3.63, 3.8) is 0 Å². The zero-order valence-corrected chi connectivity index (χ0v) is 13.7. The Morgan fingerprint density at radius 3 is 2.80 bits per heavy atom. The minimum atomic E-state index is -0.806. The molecule has 1 aromatic carbocycles. The highest BCUT2D eigenvalue weighted by atomic mass is 19.2. The first kappa shape index (κ1) is 16.4.